The fourth-order valence-electron chi connectivity index (χ4n) is 1.84. The zero-order valence-corrected chi connectivity index (χ0v) is 14.0. The van der Waals surface area contributed by atoms with Gasteiger partial charge in [-0.25, -0.2) is 0 Å². The Labute approximate surface area is 149 Å². The Morgan fingerprint density at radius 3 is 2.54 bits per heavy atom. The van der Waals surface area contributed by atoms with E-state index < -0.39 is 5.91 Å². The van der Waals surface area contributed by atoms with Crippen LogP contribution in [0.3, 0.4) is 0 Å². The number of nitrogens with one attached hydrogen (secondary N) is 2. The van der Waals surface area contributed by atoms with Crippen LogP contribution in [0.1, 0.15) is 5.56 Å². The first-order valence-corrected chi connectivity index (χ1v) is 7.69. The molecule has 0 saturated carbocycles. The number of benzene rings is 2. The topological polar surface area (TPSA) is 90.9 Å². The second-order valence-corrected chi connectivity index (χ2v) is 5.71. The largest absolute Gasteiger partial charge is 0.399 e. The van der Waals surface area contributed by atoms with Crippen LogP contribution in [0, 0.1) is 11.3 Å². The number of nitrogens with two attached hydrogens (primary N) is 1. The van der Waals surface area contributed by atoms with Crippen molar-refractivity contribution in [2.24, 2.45) is 0 Å². The summed E-state index contributed by atoms with van der Waals surface area (Å²) in [5, 5.41) is 15.6. The summed E-state index contributed by atoms with van der Waals surface area (Å²) in [6.07, 6.45) is 1.36. The highest BCUT2D eigenvalue weighted by atomic mass is 35.5. The zero-order chi connectivity index (χ0) is 17.5. The minimum atomic E-state index is -0.562. The standard InChI is InChI=1S/C17H14Cl2N4O/c18-13-3-1-11(2-4-13)9-22-10-12(8-20)17(24)23-16-6-5-14(21)7-15(16)19/h1-7,10,22H,9,21H2,(H,23,24)/b12-10-. The van der Waals surface area contributed by atoms with E-state index >= 15 is 0 Å². The predicted molar refractivity (Wildman–Crippen MR) is 96.5 cm³/mol. The van der Waals surface area contributed by atoms with Crippen molar-refractivity contribution in [2.45, 2.75) is 6.54 Å². The van der Waals surface area contributed by atoms with E-state index in [0.717, 1.165) is 5.56 Å². The van der Waals surface area contributed by atoms with Gasteiger partial charge in [0.1, 0.15) is 11.6 Å². The van der Waals surface area contributed by atoms with Crippen LogP contribution >= 0.6 is 23.2 Å². The van der Waals surface area contributed by atoms with Gasteiger partial charge in [-0.2, -0.15) is 5.26 Å². The van der Waals surface area contributed by atoms with Gasteiger partial charge in [-0.1, -0.05) is 35.3 Å². The molecule has 0 aromatic heterocycles. The number of carbonyl (C=O) groups excluding carboxylic acids is 1. The second kappa shape index (κ2) is 8.25. The normalized spacial score (nSPS) is 10.8. The average Bonchev–Trinajstić information content (AvgIpc) is 2.56. The summed E-state index contributed by atoms with van der Waals surface area (Å²) in [6.45, 7) is 0.457. The van der Waals surface area contributed by atoms with Gasteiger partial charge in [0.2, 0.25) is 0 Å². The van der Waals surface area contributed by atoms with E-state index in [2.05, 4.69) is 10.6 Å². The molecule has 0 radical (unpaired) electrons. The third kappa shape index (κ3) is 4.92. The van der Waals surface area contributed by atoms with Gasteiger partial charge in [-0.3, -0.25) is 4.79 Å². The molecule has 0 aliphatic heterocycles. The van der Waals surface area contributed by atoms with Gasteiger partial charge in [-0.05, 0) is 35.9 Å². The molecule has 0 saturated heterocycles. The maximum absolute atomic E-state index is 12.1. The quantitative estimate of drug-likeness (QED) is 0.430. The van der Waals surface area contributed by atoms with Gasteiger partial charge in [0.25, 0.3) is 5.91 Å². The van der Waals surface area contributed by atoms with Crippen LogP contribution in [0.15, 0.2) is 54.2 Å². The first-order chi connectivity index (χ1) is 11.5. The molecule has 0 aliphatic rings. The lowest BCUT2D eigenvalue weighted by atomic mass is 10.2. The smallest absolute Gasteiger partial charge is 0.267 e. The van der Waals surface area contributed by atoms with Gasteiger partial charge in [0.05, 0.1) is 10.7 Å². The molecule has 24 heavy (non-hydrogen) atoms. The molecule has 122 valence electrons. The number of hydrogen-bond acceptors (Lipinski definition) is 4. The molecule has 7 heteroatoms. The number of nitriles is 1. The minimum absolute atomic E-state index is 0.0724. The molecule has 5 nitrogen and oxygen atoms in total. The summed E-state index contributed by atoms with van der Waals surface area (Å²) in [5.41, 5.74) is 7.36. The minimum Gasteiger partial charge on any atom is -0.399 e. The highest BCUT2D eigenvalue weighted by molar-refractivity contribution is 6.34. The monoisotopic (exact) mass is 360 g/mol. The van der Waals surface area contributed by atoms with E-state index in [0.29, 0.717) is 28.0 Å². The van der Waals surface area contributed by atoms with Gasteiger partial charge < -0.3 is 16.4 Å². The van der Waals surface area contributed by atoms with E-state index in [-0.39, 0.29) is 5.57 Å². The summed E-state index contributed by atoms with van der Waals surface area (Å²) < 4.78 is 0. The number of nitrogen functional groups attached to an aromatic ring is 1. The zero-order valence-electron chi connectivity index (χ0n) is 12.5. The van der Waals surface area contributed by atoms with Gasteiger partial charge in [0.15, 0.2) is 0 Å². The first-order valence-electron chi connectivity index (χ1n) is 6.94. The third-order valence-corrected chi connectivity index (χ3v) is 3.64. The van der Waals surface area contributed by atoms with Crippen molar-refractivity contribution in [1.29, 1.82) is 5.26 Å². The van der Waals surface area contributed by atoms with Crippen molar-refractivity contribution < 1.29 is 4.79 Å². The Kier molecular flexibility index (Phi) is 6.07. The summed E-state index contributed by atoms with van der Waals surface area (Å²) >= 11 is 11.8. The molecule has 2 aromatic rings. The molecule has 4 N–H and O–H groups in total. The number of anilines is 2. The highest BCUT2D eigenvalue weighted by Crippen LogP contribution is 2.24. The number of hydrogen-bond donors (Lipinski definition) is 3. The molecule has 2 aromatic carbocycles. The fourth-order valence-corrected chi connectivity index (χ4v) is 2.21. The number of halogens is 2. The Hall–Kier alpha value is -2.68. The summed E-state index contributed by atoms with van der Waals surface area (Å²) in [5.74, 6) is -0.562. The Bertz CT molecular complexity index is 810. The van der Waals surface area contributed by atoms with Crippen molar-refractivity contribution in [3.05, 3.63) is 69.8 Å². The molecule has 0 aliphatic carbocycles. The van der Waals surface area contributed by atoms with Crippen molar-refractivity contribution in [2.75, 3.05) is 11.1 Å². The molecule has 0 heterocycles. The van der Waals surface area contributed by atoms with E-state index in [1.165, 1.54) is 12.3 Å². The van der Waals surface area contributed by atoms with E-state index in [1.54, 1.807) is 24.3 Å². The lowest BCUT2D eigenvalue weighted by molar-refractivity contribution is -0.112. The Balaban J connectivity index is 2.00. The summed E-state index contributed by atoms with van der Waals surface area (Å²) in [6, 6.07) is 13.8. The average molecular weight is 361 g/mol. The van der Waals surface area contributed by atoms with Crippen molar-refractivity contribution >= 4 is 40.5 Å². The van der Waals surface area contributed by atoms with Crippen molar-refractivity contribution in [1.82, 2.24) is 5.32 Å². The van der Waals surface area contributed by atoms with Crippen LogP contribution in [0.2, 0.25) is 10.0 Å². The first kappa shape index (κ1) is 17.7. The van der Waals surface area contributed by atoms with E-state index in [1.807, 2.05) is 18.2 Å². The van der Waals surface area contributed by atoms with E-state index in [4.69, 9.17) is 34.2 Å². The molecule has 0 fully saturated rings. The van der Waals surface area contributed by atoms with E-state index in [9.17, 15) is 4.79 Å². The molecule has 0 bridgehead atoms. The van der Waals surface area contributed by atoms with Crippen LogP contribution in [-0.2, 0) is 11.3 Å². The molecular formula is C17H14Cl2N4O. The fraction of sp³-hybridized carbons (Fsp3) is 0.0588. The third-order valence-electron chi connectivity index (χ3n) is 3.07. The van der Waals surface area contributed by atoms with Crippen LogP contribution in [-0.4, -0.2) is 5.91 Å². The van der Waals surface area contributed by atoms with Crippen LogP contribution in [0.5, 0.6) is 0 Å². The number of rotatable bonds is 5. The Morgan fingerprint density at radius 2 is 1.92 bits per heavy atom. The number of amides is 1. The van der Waals surface area contributed by atoms with Crippen molar-refractivity contribution in [3.8, 4) is 6.07 Å². The summed E-state index contributed by atoms with van der Waals surface area (Å²) in [4.78, 5) is 12.1. The van der Waals surface area contributed by atoms with Crippen LogP contribution in [0.4, 0.5) is 11.4 Å². The Morgan fingerprint density at radius 1 is 1.21 bits per heavy atom. The van der Waals surface area contributed by atoms with Gasteiger partial charge >= 0.3 is 0 Å². The van der Waals surface area contributed by atoms with Gasteiger partial charge in [0, 0.05) is 23.5 Å². The number of carbonyl (C=O) groups is 1. The second-order valence-electron chi connectivity index (χ2n) is 4.87. The highest BCUT2D eigenvalue weighted by Gasteiger charge is 2.11. The molecule has 1 amide bonds. The predicted octanol–water partition coefficient (Wildman–Crippen LogP) is 3.71. The molecule has 0 atom stereocenters. The maximum atomic E-state index is 12.1. The molecule has 0 unspecified atom stereocenters. The lowest BCUT2D eigenvalue weighted by Gasteiger charge is -2.07. The van der Waals surface area contributed by atoms with Crippen molar-refractivity contribution in [3.63, 3.8) is 0 Å². The molecule has 2 rings (SSSR count). The van der Waals surface area contributed by atoms with Crippen LogP contribution in [0.25, 0.3) is 0 Å². The SMILES string of the molecule is N#C/C(=C/NCc1ccc(Cl)cc1)C(=O)Nc1ccc(N)cc1Cl. The number of nitrogens with zero attached hydrogens (tertiary/aromatic N) is 1. The van der Waals surface area contributed by atoms with Gasteiger partial charge in [-0.15, -0.1) is 0 Å². The van der Waals surface area contributed by atoms with Crippen LogP contribution < -0.4 is 16.4 Å². The molecule has 0 spiro atoms. The lowest BCUT2D eigenvalue weighted by Crippen LogP contribution is -2.17. The maximum Gasteiger partial charge on any atom is 0.267 e. The summed E-state index contributed by atoms with van der Waals surface area (Å²) in [7, 11) is 0. The molecular weight excluding hydrogens is 347 g/mol.